The summed E-state index contributed by atoms with van der Waals surface area (Å²) in [6, 6.07) is 9.42. The van der Waals surface area contributed by atoms with Crippen LogP contribution in [0.2, 0.25) is 5.02 Å². The maximum Gasteiger partial charge on any atom is 0.269 e. The number of halogens is 1. The van der Waals surface area contributed by atoms with Gasteiger partial charge < -0.3 is 5.73 Å². The van der Waals surface area contributed by atoms with Crippen LogP contribution in [0.25, 0.3) is 21.5 Å². The summed E-state index contributed by atoms with van der Waals surface area (Å²) in [6.07, 6.45) is 0. The van der Waals surface area contributed by atoms with Crippen LogP contribution < -0.4 is 11.1 Å². The predicted molar refractivity (Wildman–Crippen MR) is 114 cm³/mol. The number of benzene rings is 1. The molecule has 3 N–H and O–H groups in total. The summed E-state index contributed by atoms with van der Waals surface area (Å²) in [4.78, 5) is 22.9. The fourth-order valence-electron chi connectivity index (χ4n) is 2.92. The highest BCUT2D eigenvalue weighted by Gasteiger charge is 2.20. The van der Waals surface area contributed by atoms with Crippen LogP contribution in [0.3, 0.4) is 0 Å². The molecule has 1 aromatic carbocycles. The Bertz CT molecular complexity index is 1180. The molecule has 0 saturated heterocycles. The number of amides is 1. The molecule has 0 aliphatic carbocycles. The van der Waals surface area contributed by atoms with Crippen LogP contribution in [-0.4, -0.2) is 15.9 Å². The number of thiazole rings is 1. The molecule has 0 spiro atoms. The molecule has 0 aliphatic heterocycles. The maximum absolute atomic E-state index is 12.7. The number of pyridine rings is 1. The van der Waals surface area contributed by atoms with Crippen molar-refractivity contribution in [2.45, 2.75) is 13.8 Å². The van der Waals surface area contributed by atoms with Crippen molar-refractivity contribution in [3.05, 3.63) is 56.9 Å². The third-order valence-corrected chi connectivity index (χ3v) is 6.29. The largest absolute Gasteiger partial charge is 0.397 e. The Kier molecular flexibility index (Phi) is 4.59. The highest BCUT2D eigenvalue weighted by molar-refractivity contribution is 7.21. The van der Waals surface area contributed by atoms with Crippen molar-refractivity contribution >= 4 is 61.2 Å². The lowest BCUT2D eigenvalue weighted by atomic mass is 10.1. The first-order valence-electron chi connectivity index (χ1n) is 8.12. The summed E-state index contributed by atoms with van der Waals surface area (Å²) in [7, 11) is 0. The number of aromatic nitrogens is 2. The van der Waals surface area contributed by atoms with E-state index in [2.05, 4.69) is 15.3 Å². The Labute approximate surface area is 168 Å². The molecule has 4 aromatic rings. The average molecular weight is 415 g/mol. The van der Waals surface area contributed by atoms with Crippen LogP contribution in [0.15, 0.2) is 35.7 Å². The molecule has 0 fully saturated rings. The number of carbonyl (C=O) groups excluding carboxylic acids is 1. The van der Waals surface area contributed by atoms with Gasteiger partial charge in [-0.05, 0) is 31.5 Å². The first-order chi connectivity index (χ1) is 12.9. The molecule has 1 amide bonds. The van der Waals surface area contributed by atoms with Gasteiger partial charge in [0.2, 0.25) is 0 Å². The normalized spacial score (nSPS) is 11.1. The Hall–Kier alpha value is -2.48. The topological polar surface area (TPSA) is 80.9 Å². The molecule has 0 saturated carbocycles. The number of fused-ring (bicyclic) bond motifs is 1. The Morgan fingerprint density at radius 1 is 1.22 bits per heavy atom. The fourth-order valence-corrected chi connectivity index (χ4v) is 4.97. The van der Waals surface area contributed by atoms with E-state index in [1.165, 1.54) is 22.7 Å². The van der Waals surface area contributed by atoms with Crippen molar-refractivity contribution in [2.24, 2.45) is 0 Å². The first kappa shape index (κ1) is 17.9. The van der Waals surface area contributed by atoms with Crippen LogP contribution in [0.4, 0.5) is 10.8 Å². The summed E-state index contributed by atoms with van der Waals surface area (Å²) >= 11 is 8.85. The van der Waals surface area contributed by atoms with E-state index in [-0.39, 0.29) is 5.91 Å². The highest BCUT2D eigenvalue weighted by atomic mass is 35.5. The third-order valence-electron chi connectivity index (χ3n) is 4.10. The quantitative estimate of drug-likeness (QED) is 0.462. The van der Waals surface area contributed by atoms with E-state index in [1.54, 1.807) is 0 Å². The minimum atomic E-state index is -0.285. The lowest BCUT2D eigenvalue weighted by Crippen LogP contribution is -2.11. The molecule has 5 nitrogen and oxygen atoms in total. The molecule has 136 valence electrons. The second-order valence-electron chi connectivity index (χ2n) is 6.08. The van der Waals surface area contributed by atoms with E-state index in [4.69, 9.17) is 17.3 Å². The predicted octanol–water partition coefficient (Wildman–Crippen LogP) is 5.52. The van der Waals surface area contributed by atoms with Crippen LogP contribution in [0, 0.1) is 13.8 Å². The first-order valence-corrected chi connectivity index (χ1v) is 10.2. The molecule has 8 heteroatoms. The van der Waals surface area contributed by atoms with Gasteiger partial charge in [0.15, 0.2) is 5.13 Å². The van der Waals surface area contributed by atoms with E-state index in [1.807, 2.05) is 49.6 Å². The van der Waals surface area contributed by atoms with Crippen LogP contribution in [0.5, 0.6) is 0 Å². The molecule has 0 aliphatic rings. The number of aryl methyl sites for hydroxylation is 2. The van der Waals surface area contributed by atoms with Gasteiger partial charge in [-0.15, -0.1) is 22.7 Å². The molecule has 27 heavy (non-hydrogen) atoms. The van der Waals surface area contributed by atoms with Crippen molar-refractivity contribution in [1.82, 2.24) is 9.97 Å². The molecule has 0 atom stereocenters. The minimum absolute atomic E-state index is 0.285. The summed E-state index contributed by atoms with van der Waals surface area (Å²) in [5.74, 6) is -0.285. The van der Waals surface area contributed by atoms with E-state index in [0.29, 0.717) is 20.7 Å². The van der Waals surface area contributed by atoms with E-state index >= 15 is 0 Å². The van der Waals surface area contributed by atoms with Crippen molar-refractivity contribution < 1.29 is 4.79 Å². The van der Waals surface area contributed by atoms with Crippen molar-refractivity contribution in [3.8, 4) is 11.3 Å². The molecular weight excluding hydrogens is 400 g/mol. The Balaban J connectivity index is 1.64. The SMILES string of the molecule is Cc1cc(C)c2c(N)c(C(=O)Nc3nc(-c4ccccc4Cl)cs3)sc2n1. The van der Waals surface area contributed by atoms with Gasteiger partial charge in [0.25, 0.3) is 5.91 Å². The van der Waals surface area contributed by atoms with Crippen molar-refractivity contribution in [2.75, 3.05) is 11.1 Å². The van der Waals surface area contributed by atoms with Gasteiger partial charge >= 0.3 is 0 Å². The minimum Gasteiger partial charge on any atom is -0.397 e. The summed E-state index contributed by atoms with van der Waals surface area (Å²) in [6.45, 7) is 3.90. The molecule has 0 radical (unpaired) electrons. The molecule has 3 aromatic heterocycles. The van der Waals surface area contributed by atoms with Crippen LogP contribution >= 0.6 is 34.3 Å². The smallest absolute Gasteiger partial charge is 0.269 e. The summed E-state index contributed by atoms with van der Waals surface area (Å²) in [5, 5.41) is 6.64. The van der Waals surface area contributed by atoms with E-state index in [9.17, 15) is 4.79 Å². The van der Waals surface area contributed by atoms with Crippen LogP contribution in [-0.2, 0) is 0 Å². The molecule has 4 rings (SSSR count). The van der Waals surface area contributed by atoms with Gasteiger partial charge in [0.1, 0.15) is 9.71 Å². The standard InChI is InChI=1S/C19H15ClN4OS2/c1-9-7-10(2)22-18-14(9)15(21)16(27-18)17(25)24-19-23-13(8-26-19)11-5-3-4-6-12(11)20/h3-8H,21H2,1-2H3,(H,23,24,25). The molecule has 0 bridgehead atoms. The number of anilines is 2. The molecule has 0 unspecified atom stereocenters. The maximum atomic E-state index is 12.7. The summed E-state index contributed by atoms with van der Waals surface area (Å²) < 4.78 is 0. The molecule has 3 heterocycles. The lowest BCUT2D eigenvalue weighted by Gasteiger charge is -2.02. The number of hydrogen-bond donors (Lipinski definition) is 2. The van der Waals surface area contributed by atoms with Crippen molar-refractivity contribution in [3.63, 3.8) is 0 Å². The zero-order valence-corrected chi connectivity index (χ0v) is 16.9. The van der Waals surface area contributed by atoms with Gasteiger partial charge in [-0.2, -0.15) is 0 Å². The van der Waals surface area contributed by atoms with Gasteiger partial charge in [0, 0.05) is 27.0 Å². The Morgan fingerprint density at radius 2 is 2.00 bits per heavy atom. The Morgan fingerprint density at radius 3 is 2.78 bits per heavy atom. The number of nitrogens with zero attached hydrogens (tertiary/aromatic N) is 2. The second-order valence-corrected chi connectivity index (χ2v) is 8.34. The second kappa shape index (κ2) is 6.92. The zero-order valence-electron chi connectivity index (χ0n) is 14.5. The number of thiophene rings is 1. The van der Waals surface area contributed by atoms with E-state index in [0.717, 1.165) is 32.7 Å². The van der Waals surface area contributed by atoms with Crippen LogP contribution in [0.1, 0.15) is 20.9 Å². The van der Waals surface area contributed by atoms with Gasteiger partial charge in [-0.25, -0.2) is 9.97 Å². The molecular formula is C19H15ClN4OS2. The zero-order chi connectivity index (χ0) is 19.1. The number of rotatable bonds is 3. The number of nitrogens with two attached hydrogens (primary N) is 1. The summed E-state index contributed by atoms with van der Waals surface area (Å²) in [5.41, 5.74) is 10.2. The van der Waals surface area contributed by atoms with E-state index < -0.39 is 0 Å². The highest BCUT2D eigenvalue weighted by Crippen LogP contribution is 2.36. The van der Waals surface area contributed by atoms with Crippen molar-refractivity contribution in [1.29, 1.82) is 0 Å². The lowest BCUT2D eigenvalue weighted by molar-refractivity contribution is 0.103. The number of carbonyl (C=O) groups is 1. The fraction of sp³-hybridized carbons (Fsp3) is 0.105. The van der Waals surface area contributed by atoms with Gasteiger partial charge in [-0.3, -0.25) is 10.1 Å². The third kappa shape index (κ3) is 3.29. The monoisotopic (exact) mass is 414 g/mol. The number of nitrogens with one attached hydrogen (secondary N) is 1. The van der Waals surface area contributed by atoms with Gasteiger partial charge in [0.05, 0.1) is 11.4 Å². The van der Waals surface area contributed by atoms with Gasteiger partial charge in [-0.1, -0.05) is 29.8 Å². The average Bonchev–Trinajstić information content (AvgIpc) is 3.20. The number of nitrogen functional groups attached to an aromatic ring is 1. The number of hydrogen-bond acceptors (Lipinski definition) is 6.